The zero-order chi connectivity index (χ0) is 22.7. The van der Waals surface area contributed by atoms with Gasteiger partial charge in [-0.15, -0.1) is 0 Å². The van der Waals surface area contributed by atoms with Crippen molar-refractivity contribution in [2.45, 2.75) is 53.0 Å². The summed E-state index contributed by atoms with van der Waals surface area (Å²) >= 11 is 0. The van der Waals surface area contributed by atoms with Crippen LogP contribution in [0.1, 0.15) is 59.4 Å². The fraction of sp³-hybridized carbons (Fsp3) is 0.320. The topological polar surface area (TPSA) is 104 Å². The van der Waals surface area contributed by atoms with Crippen LogP contribution in [0.4, 0.5) is 5.82 Å². The molecule has 6 heteroatoms. The van der Waals surface area contributed by atoms with Crippen LogP contribution < -0.4 is 11.5 Å². The van der Waals surface area contributed by atoms with Crippen molar-refractivity contribution >= 4 is 17.5 Å². The lowest BCUT2D eigenvalue weighted by atomic mass is 9.97. The smallest absolute Gasteiger partial charge is 0.254 e. The number of carbonyl (C=O) groups excluding carboxylic acids is 2. The number of carbonyl (C=O) groups is 2. The Hall–Kier alpha value is -3.41. The average molecular weight is 419 g/mol. The third kappa shape index (κ3) is 4.85. The van der Waals surface area contributed by atoms with E-state index in [9.17, 15) is 9.59 Å². The van der Waals surface area contributed by atoms with Gasteiger partial charge in [-0.25, -0.2) is 4.68 Å². The predicted molar refractivity (Wildman–Crippen MR) is 124 cm³/mol. The molecule has 0 aliphatic heterocycles. The monoisotopic (exact) mass is 418 g/mol. The zero-order valence-electron chi connectivity index (χ0n) is 18.6. The van der Waals surface area contributed by atoms with Crippen LogP contribution in [0, 0.1) is 6.92 Å². The van der Waals surface area contributed by atoms with Crippen LogP contribution in [0.5, 0.6) is 0 Å². The van der Waals surface area contributed by atoms with E-state index < -0.39 is 5.91 Å². The second-order valence-electron chi connectivity index (χ2n) is 8.21. The summed E-state index contributed by atoms with van der Waals surface area (Å²) in [5, 5.41) is 4.49. The lowest BCUT2D eigenvalue weighted by Gasteiger charge is -2.07. The minimum Gasteiger partial charge on any atom is -0.383 e. The van der Waals surface area contributed by atoms with Gasteiger partial charge in [0.1, 0.15) is 22.9 Å². The van der Waals surface area contributed by atoms with Gasteiger partial charge in [0, 0.05) is 24.4 Å². The fourth-order valence-corrected chi connectivity index (χ4v) is 3.85. The second kappa shape index (κ2) is 9.16. The summed E-state index contributed by atoms with van der Waals surface area (Å²) in [6.45, 7) is 8.08. The summed E-state index contributed by atoms with van der Waals surface area (Å²) in [4.78, 5) is 24.5. The number of aromatic nitrogens is 2. The highest BCUT2D eigenvalue weighted by molar-refractivity contribution is 6.03. The van der Waals surface area contributed by atoms with Crippen molar-refractivity contribution in [2.24, 2.45) is 5.73 Å². The van der Waals surface area contributed by atoms with Gasteiger partial charge in [-0.3, -0.25) is 9.59 Å². The molecule has 4 N–H and O–H groups in total. The maximum atomic E-state index is 12.6. The number of hydrogen-bond donors (Lipinski definition) is 2. The van der Waals surface area contributed by atoms with Gasteiger partial charge in [0.15, 0.2) is 0 Å². The molecule has 0 fully saturated rings. The number of aryl methyl sites for hydroxylation is 2. The van der Waals surface area contributed by atoms with Crippen molar-refractivity contribution in [3.63, 3.8) is 0 Å². The zero-order valence-corrected chi connectivity index (χ0v) is 18.6. The molecule has 1 aromatic heterocycles. The molecule has 0 unspecified atom stereocenters. The summed E-state index contributed by atoms with van der Waals surface area (Å²) < 4.78 is 1.60. The first-order valence-corrected chi connectivity index (χ1v) is 10.6. The first kappa shape index (κ1) is 22.3. The van der Waals surface area contributed by atoms with Crippen molar-refractivity contribution < 1.29 is 9.59 Å². The molecule has 2 aromatic carbocycles. The van der Waals surface area contributed by atoms with Gasteiger partial charge >= 0.3 is 0 Å². The quantitative estimate of drug-likeness (QED) is 0.576. The lowest BCUT2D eigenvalue weighted by Crippen LogP contribution is -2.15. The van der Waals surface area contributed by atoms with Crippen LogP contribution >= 0.6 is 0 Å². The summed E-state index contributed by atoms with van der Waals surface area (Å²) in [5.41, 5.74) is 17.5. The van der Waals surface area contributed by atoms with E-state index in [0.29, 0.717) is 18.5 Å². The number of nitrogens with two attached hydrogens (primary N) is 2. The molecule has 0 radical (unpaired) electrons. The molecule has 3 aromatic rings. The van der Waals surface area contributed by atoms with Gasteiger partial charge in [0.05, 0.1) is 0 Å². The van der Waals surface area contributed by atoms with Crippen LogP contribution in [0.25, 0.3) is 11.3 Å². The Labute approximate surface area is 183 Å². The minimum atomic E-state index is -0.608. The van der Waals surface area contributed by atoms with Crippen LogP contribution in [0.3, 0.4) is 0 Å². The molecule has 6 nitrogen and oxygen atoms in total. The number of anilines is 1. The molecule has 0 saturated carbocycles. The normalized spacial score (nSPS) is 11.1. The fourth-order valence-electron chi connectivity index (χ4n) is 3.85. The van der Waals surface area contributed by atoms with Crippen molar-refractivity contribution in [2.75, 3.05) is 5.73 Å². The molecule has 0 aliphatic rings. The van der Waals surface area contributed by atoms with E-state index in [1.165, 1.54) is 11.1 Å². The standard InChI is InChI=1S/C25H30N4O2/c1-5-19-9-8-18(12-16(19)4)14-21(30)13-17-6-10-20(11-7-17)23-22(25(27)31)24(26)29(28-23)15(2)3/h6-12,15H,5,13-14,26H2,1-4H3,(H2,27,31). The van der Waals surface area contributed by atoms with Crippen LogP contribution in [0.2, 0.25) is 0 Å². The van der Waals surface area contributed by atoms with E-state index in [1.807, 2.05) is 44.2 Å². The summed E-state index contributed by atoms with van der Waals surface area (Å²) in [5.74, 6) is -0.188. The summed E-state index contributed by atoms with van der Waals surface area (Å²) in [7, 11) is 0. The minimum absolute atomic E-state index is 0.00114. The number of benzene rings is 2. The molecule has 0 saturated heterocycles. The molecule has 162 valence electrons. The number of amides is 1. The van der Waals surface area contributed by atoms with Crippen LogP contribution in [-0.2, 0) is 24.1 Å². The Morgan fingerprint density at radius 3 is 2.19 bits per heavy atom. The van der Waals surface area contributed by atoms with Crippen LogP contribution in [0.15, 0.2) is 42.5 Å². The third-order valence-corrected chi connectivity index (χ3v) is 5.50. The van der Waals surface area contributed by atoms with Crippen molar-refractivity contribution in [1.82, 2.24) is 9.78 Å². The maximum absolute atomic E-state index is 12.6. The van der Waals surface area contributed by atoms with Gasteiger partial charge < -0.3 is 11.5 Å². The van der Waals surface area contributed by atoms with Gasteiger partial charge in [0.25, 0.3) is 5.91 Å². The maximum Gasteiger partial charge on any atom is 0.254 e. The van der Waals surface area contributed by atoms with E-state index in [2.05, 4.69) is 31.1 Å². The number of rotatable bonds is 8. The van der Waals surface area contributed by atoms with Crippen molar-refractivity contribution in [3.8, 4) is 11.3 Å². The summed E-state index contributed by atoms with van der Waals surface area (Å²) in [6.07, 6.45) is 1.75. The van der Waals surface area contributed by atoms with E-state index >= 15 is 0 Å². The van der Waals surface area contributed by atoms with Crippen molar-refractivity contribution in [1.29, 1.82) is 0 Å². The Balaban J connectivity index is 1.76. The molecule has 0 spiro atoms. The Morgan fingerprint density at radius 1 is 1.03 bits per heavy atom. The molecular weight excluding hydrogens is 388 g/mol. The molecule has 1 heterocycles. The number of Topliss-reactive ketones (excluding diaryl/α,β-unsaturated/α-hetero) is 1. The number of nitrogen functional groups attached to an aromatic ring is 1. The Morgan fingerprint density at radius 2 is 1.65 bits per heavy atom. The molecular formula is C25H30N4O2. The highest BCUT2D eigenvalue weighted by Crippen LogP contribution is 2.29. The van der Waals surface area contributed by atoms with Gasteiger partial charge in [-0.05, 0) is 49.4 Å². The SMILES string of the molecule is CCc1ccc(CC(=O)Cc2ccc(-c3nn(C(C)C)c(N)c3C(N)=O)cc2)cc1C. The first-order valence-electron chi connectivity index (χ1n) is 10.6. The predicted octanol–water partition coefficient (Wildman–Crippen LogP) is 4.04. The Kier molecular flexibility index (Phi) is 6.59. The van der Waals surface area contributed by atoms with Crippen LogP contribution in [-0.4, -0.2) is 21.5 Å². The number of primary amides is 1. The molecule has 0 atom stereocenters. The molecule has 0 bridgehead atoms. The van der Waals surface area contributed by atoms with Gasteiger partial charge in [0.2, 0.25) is 0 Å². The molecule has 3 rings (SSSR count). The molecule has 31 heavy (non-hydrogen) atoms. The van der Waals surface area contributed by atoms with Gasteiger partial charge in [-0.1, -0.05) is 49.4 Å². The summed E-state index contributed by atoms with van der Waals surface area (Å²) in [6, 6.07) is 13.7. The Bertz CT molecular complexity index is 1110. The number of ketones is 1. The number of nitrogens with zero attached hydrogens (tertiary/aromatic N) is 2. The first-order chi connectivity index (χ1) is 14.7. The van der Waals surface area contributed by atoms with E-state index in [0.717, 1.165) is 23.1 Å². The second-order valence-corrected chi connectivity index (χ2v) is 8.21. The highest BCUT2D eigenvalue weighted by atomic mass is 16.1. The third-order valence-electron chi connectivity index (χ3n) is 5.50. The van der Waals surface area contributed by atoms with E-state index in [1.54, 1.807) is 4.68 Å². The molecule has 1 amide bonds. The van der Waals surface area contributed by atoms with E-state index in [4.69, 9.17) is 11.5 Å². The lowest BCUT2D eigenvalue weighted by molar-refractivity contribution is -0.117. The van der Waals surface area contributed by atoms with Crippen molar-refractivity contribution in [3.05, 3.63) is 70.3 Å². The van der Waals surface area contributed by atoms with E-state index in [-0.39, 0.29) is 23.2 Å². The molecule has 0 aliphatic carbocycles. The average Bonchev–Trinajstić information content (AvgIpc) is 3.06. The number of hydrogen-bond acceptors (Lipinski definition) is 4. The van der Waals surface area contributed by atoms with Gasteiger partial charge in [-0.2, -0.15) is 5.10 Å². The largest absolute Gasteiger partial charge is 0.383 e. The highest BCUT2D eigenvalue weighted by Gasteiger charge is 2.22.